The zero-order valence-corrected chi connectivity index (χ0v) is 14.7. The molecule has 3 rings (SSSR count). The predicted octanol–water partition coefficient (Wildman–Crippen LogP) is 3.33. The first-order valence-electron chi connectivity index (χ1n) is 7.37. The number of rotatable bonds is 3. The highest BCUT2D eigenvalue weighted by Gasteiger charge is 2.42. The number of halogens is 2. The molecule has 2 amide bonds. The number of likely N-dealkylation sites (tertiary alicyclic amines) is 1. The van der Waals surface area contributed by atoms with E-state index in [4.69, 9.17) is 11.6 Å². The van der Waals surface area contributed by atoms with Gasteiger partial charge in [0.2, 0.25) is 5.13 Å². The summed E-state index contributed by atoms with van der Waals surface area (Å²) in [4.78, 5) is 24.9. The lowest BCUT2D eigenvalue weighted by molar-refractivity contribution is -0.146. The van der Waals surface area contributed by atoms with Crippen molar-refractivity contribution in [1.29, 1.82) is 0 Å². The zero-order valence-electron chi connectivity index (χ0n) is 13.1. The van der Waals surface area contributed by atoms with Gasteiger partial charge < -0.3 is 10.0 Å². The number of hydrogen-bond donors (Lipinski definition) is 2. The van der Waals surface area contributed by atoms with Gasteiger partial charge in [0, 0.05) is 13.1 Å². The molecule has 1 aromatic heterocycles. The molecule has 2 aromatic rings. The van der Waals surface area contributed by atoms with Crippen molar-refractivity contribution in [3.05, 3.63) is 29.0 Å². The molecule has 0 radical (unpaired) electrons. The number of amides is 2. The Labute approximate surface area is 151 Å². The molecule has 1 atom stereocenters. The van der Waals surface area contributed by atoms with E-state index in [-0.39, 0.29) is 27.3 Å². The van der Waals surface area contributed by atoms with Crippen LogP contribution >= 0.6 is 22.9 Å². The van der Waals surface area contributed by atoms with Crippen molar-refractivity contribution < 1.29 is 19.1 Å². The molecule has 0 spiro atoms. The van der Waals surface area contributed by atoms with Gasteiger partial charge in [0.1, 0.15) is 5.82 Å². The van der Waals surface area contributed by atoms with E-state index in [2.05, 4.69) is 15.5 Å². The van der Waals surface area contributed by atoms with Crippen LogP contribution in [0.1, 0.15) is 13.3 Å². The van der Waals surface area contributed by atoms with Crippen molar-refractivity contribution in [1.82, 2.24) is 15.1 Å². The Morgan fingerprint density at radius 1 is 1.44 bits per heavy atom. The van der Waals surface area contributed by atoms with Crippen molar-refractivity contribution in [3.8, 4) is 10.6 Å². The van der Waals surface area contributed by atoms with Crippen LogP contribution in [-0.4, -0.2) is 45.3 Å². The van der Waals surface area contributed by atoms with Gasteiger partial charge in [0.15, 0.2) is 5.01 Å². The van der Waals surface area contributed by atoms with E-state index in [0.29, 0.717) is 13.0 Å². The number of carbonyl (C=O) groups excluding carboxylic acids is 1. The smallest absolute Gasteiger partial charge is 0.323 e. The second kappa shape index (κ2) is 6.57. The normalized spacial score (nSPS) is 19.9. The summed E-state index contributed by atoms with van der Waals surface area (Å²) in [5, 5.41) is 20.1. The third-order valence-electron chi connectivity index (χ3n) is 4.09. The van der Waals surface area contributed by atoms with Gasteiger partial charge in [-0.3, -0.25) is 10.1 Å². The molecule has 1 aliphatic heterocycles. The maximum absolute atomic E-state index is 13.9. The third kappa shape index (κ3) is 3.42. The van der Waals surface area contributed by atoms with E-state index in [1.165, 1.54) is 23.1 Å². The minimum atomic E-state index is -0.954. The van der Waals surface area contributed by atoms with Gasteiger partial charge in [0.25, 0.3) is 0 Å². The van der Waals surface area contributed by atoms with Crippen LogP contribution in [0.2, 0.25) is 5.02 Å². The number of aliphatic carboxylic acids is 1. The van der Waals surface area contributed by atoms with Crippen LogP contribution in [0.4, 0.5) is 14.3 Å². The van der Waals surface area contributed by atoms with E-state index in [9.17, 15) is 19.1 Å². The van der Waals surface area contributed by atoms with E-state index in [1.807, 2.05) is 0 Å². The first-order chi connectivity index (χ1) is 11.8. The molecule has 0 aliphatic carbocycles. The number of anilines is 1. The molecule has 10 heteroatoms. The third-order valence-corrected chi connectivity index (χ3v) is 5.26. The summed E-state index contributed by atoms with van der Waals surface area (Å²) in [7, 11) is 0. The summed E-state index contributed by atoms with van der Waals surface area (Å²) in [6.07, 6.45) is 0.377. The molecule has 0 bridgehead atoms. The molecule has 1 unspecified atom stereocenters. The SMILES string of the molecule is CC1(C(=O)O)CCN(C(=O)Nc2nnc(-c3c(F)cccc3Cl)s2)C1. The fourth-order valence-electron chi connectivity index (χ4n) is 2.56. The van der Waals surface area contributed by atoms with Crippen molar-refractivity contribution in [2.75, 3.05) is 18.4 Å². The highest BCUT2D eigenvalue weighted by Crippen LogP contribution is 2.34. The summed E-state index contributed by atoms with van der Waals surface area (Å²) >= 11 is 6.98. The molecule has 0 saturated carbocycles. The van der Waals surface area contributed by atoms with E-state index >= 15 is 0 Å². The van der Waals surface area contributed by atoms with Gasteiger partial charge in [-0.25, -0.2) is 9.18 Å². The predicted molar refractivity (Wildman–Crippen MR) is 91.3 cm³/mol. The Bertz CT molecular complexity index is 826. The fraction of sp³-hybridized carbons (Fsp3) is 0.333. The largest absolute Gasteiger partial charge is 0.481 e. The summed E-state index contributed by atoms with van der Waals surface area (Å²) in [5.41, 5.74) is -0.827. The minimum Gasteiger partial charge on any atom is -0.481 e. The molecule has 7 nitrogen and oxygen atoms in total. The molecule has 1 aromatic carbocycles. The Morgan fingerprint density at radius 2 is 2.20 bits per heavy atom. The van der Waals surface area contributed by atoms with Crippen LogP contribution in [0.5, 0.6) is 0 Å². The van der Waals surface area contributed by atoms with E-state index < -0.39 is 23.2 Å². The van der Waals surface area contributed by atoms with Gasteiger partial charge in [-0.1, -0.05) is 29.0 Å². The topological polar surface area (TPSA) is 95.4 Å². The monoisotopic (exact) mass is 384 g/mol. The molecule has 1 fully saturated rings. The van der Waals surface area contributed by atoms with Gasteiger partial charge in [0.05, 0.1) is 16.0 Å². The Kier molecular flexibility index (Phi) is 4.61. The minimum absolute atomic E-state index is 0.110. The van der Waals surface area contributed by atoms with E-state index in [1.54, 1.807) is 6.92 Å². The summed E-state index contributed by atoms with van der Waals surface area (Å²) < 4.78 is 13.9. The number of carboxylic acids is 1. The van der Waals surface area contributed by atoms with Crippen molar-refractivity contribution in [2.45, 2.75) is 13.3 Å². The number of nitrogens with zero attached hydrogens (tertiary/aromatic N) is 3. The summed E-state index contributed by atoms with van der Waals surface area (Å²) in [6.45, 7) is 2.05. The molecule has 2 heterocycles. The van der Waals surface area contributed by atoms with Crippen LogP contribution in [0.3, 0.4) is 0 Å². The van der Waals surface area contributed by atoms with Gasteiger partial charge >= 0.3 is 12.0 Å². The molecule has 25 heavy (non-hydrogen) atoms. The molecule has 132 valence electrons. The quantitative estimate of drug-likeness (QED) is 0.846. The lowest BCUT2D eigenvalue weighted by Crippen LogP contribution is -2.37. The number of urea groups is 1. The molecule has 1 saturated heterocycles. The highest BCUT2D eigenvalue weighted by molar-refractivity contribution is 7.18. The van der Waals surface area contributed by atoms with Crippen LogP contribution in [-0.2, 0) is 4.79 Å². The fourth-order valence-corrected chi connectivity index (χ4v) is 3.66. The maximum Gasteiger partial charge on any atom is 0.323 e. The van der Waals surface area contributed by atoms with Crippen LogP contribution in [0, 0.1) is 11.2 Å². The van der Waals surface area contributed by atoms with Gasteiger partial charge in [-0.15, -0.1) is 10.2 Å². The van der Waals surface area contributed by atoms with Crippen LogP contribution in [0.15, 0.2) is 18.2 Å². The number of carboxylic acid groups (broad SMARTS) is 1. The Hall–Kier alpha value is -2.26. The lowest BCUT2D eigenvalue weighted by atomic mass is 9.90. The number of carbonyl (C=O) groups is 2. The first kappa shape index (κ1) is 17.6. The second-order valence-electron chi connectivity index (χ2n) is 5.98. The zero-order chi connectivity index (χ0) is 18.2. The average Bonchev–Trinajstić information content (AvgIpc) is 3.15. The number of benzene rings is 1. The Balaban J connectivity index is 1.72. The van der Waals surface area contributed by atoms with Gasteiger partial charge in [-0.2, -0.15) is 0 Å². The average molecular weight is 385 g/mol. The van der Waals surface area contributed by atoms with Crippen molar-refractivity contribution >= 4 is 40.1 Å². The van der Waals surface area contributed by atoms with Crippen LogP contribution in [0.25, 0.3) is 10.6 Å². The second-order valence-corrected chi connectivity index (χ2v) is 7.36. The molecule has 1 aliphatic rings. The Morgan fingerprint density at radius 3 is 2.84 bits per heavy atom. The van der Waals surface area contributed by atoms with Gasteiger partial charge in [-0.05, 0) is 25.5 Å². The summed E-state index contributed by atoms with van der Waals surface area (Å²) in [6, 6.07) is 3.82. The molecule has 2 N–H and O–H groups in total. The van der Waals surface area contributed by atoms with Crippen molar-refractivity contribution in [2.24, 2.45) is 5.41 Å². The first-order valence-corrected chi connectivity index (χ1v) is 8.57. The highest BCUT2D eigenvalue weighted by atomic mass is 35.5. The number of aromatic nitrogens is 2. The lowest BCUT2D eigenvalue weighted by Gasteiger charge is -2.19. The maximum atomic E-state index is 13.9. The molecular formula is C15H14ClFN4O3S. The number of nitrogens with one attached hydrogen (secondary N) is 1. The van der Waals surface area contributed by atoms with Crippen molar-refractivity contribution in [3.63, 3.8) is 0 Å². The van der Waals surface area contributed by atoms with Crippen LogP contribution < -0.4 is 5.32 Å². The summed E-state index contributed by atoms with van der Waals surface area (Å²) in [5.74, 6) is -1.46. The molecular weight excluding hydrogens is 371 g/mol. The van der Waals surface area contributed by atoms with E-state index in [0.717, 1.165) is 11.3 Å². The standard InChI is InChI=1S/C15H14ClFN4O3S/c1-15(12(22)23)5-6-21(7-15)14(24)18-13-20-19-11(25-13)10-8(16)3-2-4-9(10)17/h2-4H,5-7H2,1H3,(H,22,23)(H,18,20,24). The number of hydrogen-bond acceptors (Lipinski definition) is 5.